The van der Waals surface area contributed by atoms with E-state index in [1.165, 1.54) is 0 Å². The number of halogens is 1. The molecule has 1 aliphatic heterocycles. The second-order valence-electron chi connectivity index (χ2n) is 5.34. The summed E-state index contributed by atoms with van der Waals surface area (Å²) in [5.74, 6) is 1.67. The predicted octanol–water partition coefficient (Wildman–Crippen LogP) is 3.63. The maximum Gasteiger partial charge on any atom is 0.171 e. The Morgan fingerprint density at radius 2 is 2.00 bits per heavy atom. The van der Waals surface area contributed by atoms with Gasteiger partial charge in [-0.25, -0.2) is 4.98 Å². The van der Waals surface area contributed by atoms with Crippen molar-refractivity contribution in [3.8, 4) is 5.75 Å². The molecular formula is C17H19ClN2O2. The van der Waals surface area contributed by atoms with E-state index in [9.17, 15) is 0 Å². The van der Waals surface area contributed by atoms with Gasteiger partial charge in [-0.05, 0) is 36.8 Å². The van der Waals surface area contributed by atoms with Crippen molar-refractivity contribution in [1.82, 2.24) is 4.98 Å². The van der Waals surface area contributed by atoms with Gasteiger partial charge in [0.05, 0.1) is 13.7 Å². The Balaban J connectivity index is 1.84. The van der Waals surface area contributed by atoms with Crippen LogP contribution in [0.2, 0.25) is 5.02 Å². The van der Waals surface area contributed by atoms with Gasteiger partial charge in [-0.15, -0.1) is 0 Å². The lowest BCUT2D eigenvalue weighted by atomic mass is 10.1. The van der Waals surface area contributed by atoms with E-state index in [1.54, 1.807) is 7.11 Å². The Bertz CT molecular complexity index is 646. The van der Waals surface area contributed by atoms with Crippen molar-refractivity contribution >= 4 is 17.4 Å². The van der Waals surface area contributed by atoms with E-state index in [1.807, 2.05) is 43.3 Å². The maximum absolute atomic E-state index is 5.95. The molecule has 3 rings (SSSR count). The lowest BCUT2D eigenvalue weighted by molar-refractivity contribution is 0.0393. The second-order valence-corrected chi connectivity index (χ2v) is 5.77. The molecule has 1 atom stereocenters. The smallest absolute Gasteiger partial charge is 0.171 e. The third-order valence-electron chi connectivity index (χ3n) is 3.81. The van der Waals surface area contributed by atoms with Crippen LogP contribution in [0.4, 0.5) is 5.82 Å². The lowest BCUT2D eigenvalue weighted by Gasteiger charge is -2.34. The number of anilines is 1. The fourth-order valence-corrected chi connectivity index (χ4v) is 2.76. The molecule has 4 nitrogen and oxygen atoms in total. The molecule has 0 N–H and O–H groups in total. The van der Waals surface area contributed by atoms with Crippen LogP contribution in [0.3, 0.4) is 0 Å². The van der Waals surface area contributed by atoms with Crippen LogP contribution in [0.1, 0.15) is 17.4 Å². The van der Waals surface area contributed by atoms with Crippen LogP contribution in [0.15, 0.2) is 36.4 Å². The van der Waals surface area contributed by atoms with Crippen LogP contribution in [0.25, 0.3) is 0 Å². The average Bonchev–Trinajstić information content (AvgIpc) is 2.55. The summed E-state index contributed by atoms with van der Waals surface area (Å²) >= 11 is 5.95. The average molecular weight is 319 g/mol. The van der Waals surface area contributed by atoms with Gasteiger partial charge in [-0.1, -0.05) is 23.7 Å². The molecule has 22 heavy (non-hydrogen) atoms. The number of ether oxygens (including phenoxy) is 2. The number of hydrogen-bond donors (Lipinski definition) is 0. The molecule has 0 aliphatic carbocycles. The molecule has 2 heterocycles. The van der Waals surface area contributed by atoms with Crippen molar-refractivity contribution < 1.29 is 9.47 Å². The van der Waals surface area contributed by atoms with Crippen molar-refractivity contribution in [2.24, 2.45) is 0 Å². The van der Waals surface area contributed by atoms with Gasteiger partial charge in [-0.2, -0.15) is 0 Å². The van der Waals surface area contributed by atoms with E-state index in [0.717, 1.165) is 40.9 Å². The SMILES string of the molecule is COc1ccc(C)nc1N1CCOC(c2ccc(Cl)cc2)C1. The summed E-state index contributed by atoms with van der Waals surface area (Å²) in [7, 11) is 1.67. The summed E-state index contributed by atoms with van der Waals surface area (Å²) < 4.78 is 11.4. The van der Waals surface area contributed by atoms with Gasteiger partial charge in [0.2, 0.25) is 0 Å². The molecule has 1 aromatic heterocycles. The Labute approximate surface area is 135 Å². The van der Waals surface area contributed by atoms with E-state index >= 15 is 0 Å². The molecule has 0 spiro atoms. The molecule has 1 fully saturated rings. The first-order valence-electron chi connectivity index (χ1n) is 7.31. The molecule has 2 aromatic rings. The monoisotopic (exact) mass is 318 g/mol. The van der Waals surface area contributed by atoms with Crippen LogP contribution in [-0.2, 0) is 4.74 Å². The van der Waals surface area contributed by atoms with Crippen LogP contribution < -0.4 is 9.64 Å². The van der Waals surface area contributed by atoms with Crippen LogP contribution in [0, 0.1) is 6.92 Å². The van der Waals surface area contributed by atoms with E-state index in [2.05, 4.69) is 9.88 Å². The number of benzene rings is 1. The first-order valence-corrected chi connectivity index (χ1v) is 7.69. The molecule has 1 unspecified atom stereocenters. The highest BCUT2D eigenvalue weighted by molar-refractivity contribution is 6.30. The summed E-state index contributed by atoms with van der Waals surface area (Å²) in [6.07, 6.45) is 0.0121. The summed E-state index contributed by atoms with van der Waals surface area (Å²) in [6, 6.07) is 11.7. The second kappa shape index (κ2) is 6.55. The van der Waals surface area contributed by atoms with Crippen LogP contribution >= 0.6 is 11.6 Å². The first-order chi connectivity index (χ1) is 10.7. The highest BCUT2D eigenvalue weighted by atomic mass is 35.5. The molecule has 0 amide bonds. The van der Waals surface area contributed by atoms with Gasteiger partial charge in [-0.3, -0.25) is 0 Å². The third kappa shape index (κ3) is 3.18. The molecular weight excluding hydrogens is 300 g/mol. The standard InChI is InChI=1S/C17H19ClN2O2/c1-12-3-8-15(21-2)17(19-12)20-9-10-22-16(11-20)13-4-6-14(18)7-5-13/h3-8,16H,9-11H2,1-2H3. The van der Waals surface area contributed by atoms with Crippen molar-refractivity contribution in [2.45, 2.75) is 13.0 Å². The van der Waals surface area contributed by atoms with Gasteiger partial charge in [0, 0.05) is 23.8 Å². The Kier molecular flexibility index (Phi) is 4.50. The van der Waals surface area contributed by atoms with E-state index in [4.69, 9.17) is 21.1 Å². The third-order valence-corrected chi connectivity index (χ3v) is 4.06. The first kappa shape index (κ1) is 15.1. The zero-order valence-electron chi connectivity index (χ0n) is 12.8. The minimum atomic E-state index is 0.0121. The highest BCUT2D eigenvalue weighted by Gasteiger charge is 2.25. The molecule has 0 radical (unpaired) electrons. The Hall–Kier alpha value is -1.78. The van der Waals surface area contributed by atoms with Crippen molar-refractivity contribution in [3.05, 3.63) is 52.7 Å². The molecule has 0 bridgehead atoms. The molecule has 5 heteroatoms. The van der Waals surface area contributed by atoms with E-state index in [0.29, 0.717) is 6.61 Å². The molecule has 1 aliphatic rings. The van der Waals surface area contributed by atoms with Gasteiger partial charge in [0.25, 0.3) is 0 Å². The molecule has 116 valence electrons. The van der Waals surface area contributed by atoms with Crippen molar-refractivity contribution in [2.75, 3.05) is 31.7 Å². The topological polar surface area (TPSA) is 34.6 Å². The zero-order valence-corrected chi connectivity index (χ0v) is 13.5. The highest BCUT2D eigenvalue weighted by Crippen LogP contribution is 2.31. The molecule has 1 saturated heterocycles. The van der Waals surface area contributed by atoms with Gasteiger partial charge >= 0.3 is 0 Å². The summed E-state index contributed by atoms with van der Waals surface area (Å²) in [5, 5.41) is 0.735. The Morgan fingerprint density at radius 3 is 2.73 bits per heavy atom. The fraction of sp³-hybridized carbons (Fsp3) is 0.353. The van der Waals surface area contributed by atoms with Gasteiger partial charge in [0.1, 0.15) is 6.10 Å². The van der Waals surface area contributed by atoms with Gasteiger partial charge in [0.15, 0.2) is 11.6 Å². The minimum Gasteiger partial charge on any atom is -0.493 e. The van der Waals surface area contributed by atoms with Gasteiger partial charge < -0.3 is 14.4 Å². The van der Waals surface area contributed by atoms with Crippen molar-refractivity contribution in [3.63, 3.8) is 0 Å². The summed E-state index contributed by atoms with van der Waals surface area (Å²) in [5.41, 5.74) is 2.10. The predicted molar refractivity (Wildman–Crippen MR) is 87.9 cm³/mol. The largest absolute Gasteiger partial charge is 0.493 e. The van der Waals surface area contributed by atoms with Crippen LogP contribution in [-0.4, -0.2) is 31.8 Å². The number of morpholine rings is 1. The normalized spacial score (nSPS) is 18.3. The molecule has 0 saturated carbocycles. The number of hydrogen-bond acceptors (Lipinski definition) is 4. The minimum absolute atomic E-state index is 0.0121. The van der Waals surface area contributed by atoms with Crippen molar-refractivity contribution in [1.29, 1.82) is 0 Å². The lowest BCUT2D eigenvalue weighted by Crippen LogP contribution is -2.39. The van der Waals surface area contributed by atoms with Crippen LogP contribution in [0.5, 0.6) is 5.75 Å². The Morgan fingerprint density at radius 1 is 1.23 bits per heavy atom. The van der Waals surface area contributed by atoms with E-state index in [-0.39, 0.29) is 6.10 Å². The number of aryl methyl sites for hydroxylation is 1. The van der Waals surface area contributed by atoms with E-state index < -0.39 is 0 Å². The number of rotatable bonds is 3. The quantitative estimate of drug-likeness (QED) is 0.865. The number of methoxy groups -OCH3 is 1. The number of nitrogens with zero attached hydrogens (tertiary/aromatic N) is 2. The maximum atomic E-state index is 5.95. The molecule has 1 aromatic carbocycles. The fourth-order valence-electron chi connectivity index (χ4n) is 2.64. The number of pyridine rings is 1. The number of aromatic nitrogens is 1. The summed E-state index contributed by atoms with van der Waals surface area (Å²) in [6.45, 7) is 4.19. The summed E-state index contributed by atoms with van der Waals surface area (Å²) in [4.78, 5) is 6.85. The zero-order chi connectivity index (χ0) is 15.5.